The number of fused-ring (bicyclic) bond motifs is 1. The highest BCUT2D eigenvalue weighted by Crippen LogP contribution is 2.25. The second-order valence-electron chi connectivity index (χ2n) is 5.13. The predicted octanol–water partition coefficient (Wildman–Crippen LogP) is 3.60. The van der Waals surface area contributed by atoms with Gasteiger partial charge >= 0.3 is 0 Å². The quantitative estimate of drug-likeness (QED) is 0.565. The highest BCUT2D eigenvalue weighted by atomic mass is 35.5. The summed E-state index contributed by atoms with van der Waals surface area (Å²) < 4.78 is 15.7. The van der Waals surface area contributed by atoms with Crippen molar-refractivity contribution in [2.24, 2.45) is 0 Å². The zero-order valence-electron chi connectivity index (χ0n) is 12.4. The van der Waals surface area contributed by atoms with E-state index in [1.54, 1.807) is 29.1 Å². The highest BCUT2D eigenvalue weighted by Gasteiger charge is 2.11. The van der Waals surface area contributed by atoms with E-state index in [-0.39, 0.29) is 18.2 Å². The van der Waals surface area contributed by atoms with Crippen molar-refractivity contribution in [3.05, 3.63) is 67.0 Å². The van der Waals surface area contributed by atoms with E-state index in [2.05, 4.69) is 15.0 Å². The first-order chi connectivity index (χ1) is 11.2. The first kappa shape index (κ1) is 15.9. The van der Waals surface area contributed by atoms with Gasteiger partial charge in [-0.15, -0.1) is 12.4 Å². The van der Waals surface area contributed by atoms with Crippen LogP contribution in [0.3, 0.4) is 0 Å². The fourth-order valence-corrected chi connectivity index (χ4v) is 2.42. The molecule has 0 spiro atoms. The first-order valence-electron chi connectivity index (χ1n) is 7.02. The number of hydrogen-bond donors (Lipinski definition) is 1. The number of nitrogen functional groups attached to an aromatic ring is 1. The smallest absolute Gasteiger partial charge is 0.234 e. The van der Waals surface area contributed by atoms with E-state index < -0.39 is 0 Å². The summed E-state index contributed by atoms with van der Waals surface area (Å²) in [5, 5.41) is 0. The molecule has 1 aromatic carbocycles. The van der Waals surface area contributed by atoms with E-state index in [1.807, 2.05) is 24.4 Å². The van der Waals surface area contributed by atoms with Crippen molar-refractivity contribution in [3.63, 3.8) is 0 Å². The van der Waals surface area contributed by atoms with Crippen molar-refractivity contribution in [3.8, 4) is 22.5 Å². The lowest BCUT2D eigenvalue weighted by atomic mass is 10.1. The fraction of sp³-hybridized carbons (Fsp3) is 0. The van der Waals surface area contributed by atoms with Gasteiger partial charge in [-0.05, 0) is 30.3 Å². The third-order valence-electron chi connectivity index (χ3n) is 3.54. The molecule has 0 bridgehead atoms. The van der Waals surface area contributed by atoms with Crippen LogP contribution < -0.4 is 5.73 Å². The first-order valence-corrected chi connectivity index (χ1v) is 7.02. The van der Waals surface area contributed by atoms with Gasteiger partial charge in [-0.2, -0.15) is 0 Å². The van der Waals surface area contributed by atoms with Crippen molar-refractivity contribution >= 4 is 23.9 Å². The summed E-state index contributed by atoms with van der Waals surface area (Å²) in [6.45, 7) is 0. The van der Waals surface area contributed by atoms with Crippen LogP contribution >= 0.6 is 12.4 Å². The average Bonchev–Trinajstić information content (AvgIpc) is 3.00. The maximum Gasteiger partial charge on any atom is 0.234 e. The van der Waals surface area contributed by atoms with E-state index in [1.165, 1.54) is 12.1 Å². The van der Waals surface area contributed by atoms with Crippen molar-refractivity contribution in [1.82, 2.24) is 19.4 Å². The molecule has 5 nitrogen and oxygen atoms in total. The molecule has 0 aliphatic heterocycles. The Morgan fingerprint density at radius 2 is 1.88 bits per heavy atom. The van der Waals surface area contributed by atoms with Crippen LogP contribution in [-0.2, 0) is 0 Å². The zero-order valence-corrected chi connectivity index (χ0v) is 13.2. The van der Waals surface area contributed by atoms with Gasteiger partial charge in [-0.1, -0.05) is 6.07 Å². The van der Waals surface area contributed by atoms with Crippen molar-refractivity contribution in [2.75, 3.05) is 5.73 Å². The average molecular weight is 342 g/mol. The summed E-state index contributed by atoms with van der Waals surface area (Å²) in [4.78, 5) is 13.0. The largest absolute Gasteiger partial charge is 0.399 e. The molecule has 3 heterocycles. The summed E-state index contributed by atoms with van der Waals surface area (Å²) in [6, 6.07) is 10.1. The van der Waals surface area contributed by atoms with Crippen LogP contribution in [0.5, 0.6) is 0 Å². The number of aromatic nitrogens is 4. The van der Waals surface area contributed by atoms with Crippen LogP contribution in [0.4, 0.5) is 10.1 Å². The van der Waals surface area contributed by atoms with Crippen molar-refractivity contribution < 1.29 is 4.39 Å². The molecular formula is C17H13ClFN5. The fourth-order valence-electron chi connectivity index (χ4n) is 2.42. The van der Waals surface area contributed by atoms with Crippen molar-refractivity contribution in [1.29, 1.82) is 0 Å². The molecule has 0 aliphatic rings. The second kappa shape index (κ2) is 6.25. The molecule has 0 saturated heterocycles. The van der Waals surface area contributed by atoms with Gasteiger partial charge in [0.25, 0.3) is 0 Å². The Balaban J connectivity index is 0.00000169. The van der Waals surface area contributed by atoms with Gasteiger partial charge in [0.2, 0.25) is 5.78 Å². The third-order valence-corrected chi connectivity index (χ3v) is 3.54. The van der Waals surface area contributed by atoms with E-state index in [0.717, 1.165) is 11.3 Å². The molecule has 7 heteroatoms. The Bertz CT molecular complexity index is 1000. The molecule has 0 fully saturated rings. The zero-order chi connectivity index (χ0) is 15.8. The number of anilines is 1. The normalized spacial score (nSPS) is 10.5. The molecule has 4 aromatic rings. The van der Waals surface area contributed by atoms with E-state index in [0.29, 0.717) is 22.7 Å². The Kier molecular flexibility index (Phi) is 4.14. The number of pyridine rings is 1. The van der Waals surface area contributed by atoms with Gasteiger partial charge in [0.1, 0.15) is 5.82 Å². The standard InChI is InChI=1S/C17H12FN5.ClH/c18-14-5-4-12(19)7-13(14)16-10-23-9-11(8-21-17(23)22-16)15-3-1-2-6-20-15;/h1-10H,19H2;1H. The lowest BCUT2D eigenvalue weighted by Gasteiger charge is -2.00. The number of imidazole rings is 1. The SMILES string of the molecule is Cl.Nc1ccc(F)c(-c2cn3cc(-c4ccccn4)cnc3n2)c1. The van der Waals surface area contributed by atoms with Crippen LogP contribution in [0, 0.1) is 5.82 Å². The maximum atomic E-state index is 14.0. The summed E-state index contributed by atoms with van der Waals surface area (Å²) in [6.07, 6.45) is 7.02. The van der Waals surface area contributed by atoms with Crippen LogP contribution in [0.15, 0.2) is 61.2 Å². The molecule has 0 aliphatic carbocycles. The van der Waals surface area contributed by atoms with Crippen LogP contribution in [0.1, 0.15) is 0 Å². The third kappa shape index (κ3) is 2.79. The Morgan fingerprint density at radius 1 is 1.00 bits per heavy atom. The second-order valence-corrected chi connectivity index (χ2v) is 5.13. The van der Waals surface area contributed by atoms with E-state index in [4.69, 9.17) is 5.73 Å². The van der Waals surface area contributed by atoms with Gasteiger partial charge in [-0.3, -0.25) is 9.38 Å². The Morgan fingerprint density at radius 3 is 2.67 bits per heavy atom. The van der Waals surface area contributed by atoms with Crippen LogP contribution in [0.25, 0.3) is 28.3 Å². The number of nitrogens with zero attached hydrogens (tertiary/aromatic N) is 4. The molecule has 0 amide bonds. The van der Waals surface area contributed by atoms with Crippen LogP contribution in [-0.4, -0.2) is 19.4 Å². The summed E-state index contributed by atoms with van der Waals surface area (Å²) >= 11 is 0. The number of halogens is 2. The number of hydrogen-bond acceptors (Lipinski definition) is 4. The molecule has 3 aromatic heterocycles. The molecule has 120 valence electrons. The minimum absolute atomic E-state index is 0. The molecule has 2 N–H and O–H groups in total. The van der Waals surface area contributed by atoms with Gasteiger partial charge in [0.15, 0.2) is 0 Å². The van der Waals surface area contributed by atoms with Crippen molar-refractivity contribution in [2.45, 2.75) is 0 Å². The van der Waals surface area contributed by atoms with Gasteiger partial charge in [-0.25, -0.2) is 14.4 Å². The molecule has 0 atom stereocenters. The van der Waals surface area contributed by atoms with Crippen LogP contribution in [0.2, 0.25) is 0 Å². The van der Waals surface area contributed by atoms with Gasteiger partial charge in [0.05, 0.1) is 11.4 Å². The lowest BCUT2D eigenvalue weighted by Crippen LogP contribution is -1.90. The van der Waals surface area contributed by atoms with E-state index >= 15 is 0 Å². The van der Waals surface area contributed by atoms with Gasteiger partial charge < -0.3 is 5.73 Å². The molecule has 0 unspecified atom stereocenters. The Hall–Kier alpha value is -2.99. The van der Waals surface area contributed by atoms with Gasteiger partial charge in [0, 0.05) is 41.6 Å². The molecule has 24 heavy (non-hydrogen) atoms. The maximum absolute atomic E-state index is 14.0. The number of nitrogens with two attached hydrogens (primary N) is 1. The molecule has 0 radical (unpaired) electrons. The molecular weight excluding hydrogens is 329 g/mol. The van der Waals surface area contributed by atoms with E-state index in [9.17, 15) is 4.39 Å². The monoisotopic (exact) mass is 341 g/mol. The summed E-state index contributed by atoms with van der Waals surface area (Å²) in [5.74, 6) is 0.120. The number of benzene rings is 1. The predicted molar refractivity (Wildman–Crippen MR) is 93.3 cm³/mol. The highest BCUT2D eigenvalue weighted by molar-refractivity contribution is 5.85. The Labute approximate surface area is 143 Å². The number of rotatable bonds is 2. The summed E-state index contributed by atoms with van der Waals surface area (Å²) in [7, 11) is 0. The minimum atomic E-state index is -0.368. The minimum Gasteiger partial charge on any atom is -0.399 e. The lowest BCUT2D eigenvalue weighted by molar-refractivity contribution is 0.631. The topological polar surface area (TPSA) is 69.1 Å². The molecule has 0 saturated carbocycles. The summed E-state index contributed by atoms with van der Waals surface area (Å²) in [5.41, 5.74) is 8.73. The molecule has 4 rings (SSSR count).